The molecule has 1 amide bonds. The molecule has 0 aliphatic heterocycles. The number of halogens is 1. The Balaban J connectivity index is 2.01. The summed E-state index contributed by atoms with van der Waals surface area (Å²) in [5, 5.41) is 12.1. The monoisotopic (exact) mass is 330 g/mol. The third kappa shape index (κ3) is 3.41. The first kappa shape index (κ1) is 16.4. The number of benzene rings is 3. The average molecular weight is 330 g/mol. The lowest BCUT2D eigenvalue weighted by molar-refractivity contribution is 0.102. The van der Waals surface area contributed by atoms with E-state index in [1.807, 2.05) is 24.3 Å². The maximum absolute atomic E-state index is 13.2. The highest BCUT2D eigenvalue weighted by atomic mass is 19.1. The Kier molecular flexibility index (Phi) is 4.58. The van der Waals surface area contributed by atoms with Crippen LogP contribution >= 0.6 is 0 Å². The molecule has 0 saturated carbocycles. The summed E-state index contributed by atoms with van der Waals surface area (Å²) in [6.07, 6.45) is 0. The highest BCUT2D eigenvalue weighted by molar-refractivity contribution is 6.09. The molecule has 0 unspecified atom stereocenters. The van der Waals surface area contributed by atoms with E-state index in [9.17, 15) is 14.4 Å². The van der Waals surface area contributed by atoms with E-state index >= 15 is 0 Å². The van der Waals surface area contributed by atoms with Crippen LogP contribution in [-0.4, -0.2) is 5.91 Å². The molecular formula is C21H15FN2O. The smallest absolute Gasteiger partial charge is 0.256 e. The molecule has 0 aliphatic carbocycles. The summed E-state index contributed by atoms with van der Waals surface area (Å²) in [6.45, 7) is 1.73. The van der Waals surface area contributed by atoms with Crippen molar-refractivity contribution in [2.75, 3.05) is 5.32 Å². The van der Waals surface area contributed by atoms with Gasteiger partial charge in [0.15, 0.2) is 0 Å². The molecule has 0 saturated heterocycles. The van der Waals surface area contributed by atoms with Crippen molar-refractivity contribution in [3.63, 3.8) is 0 Å². The lowest BCUT2D eigenvalue weighted by Gasteiger charge is -2.13. The maximum Gasteiger partial charge on any atom is 0.256 e. The second-order valence-corrected chi connectivity index (χ2v) is 5.62. The van der Waals surface area contributed by atoms with Gasteiger partial charge in [0.2, 0.25) is 0 Å². The number of rotatable bonds is 3. The molecule has 122 valence electrons. The van der Waals surface area contributed by atoms with Crippen molar-refractivity contribution >= 4 is 11.6 Å². The molecule has 0 spiro atoms. The van der Waals surface area contributed by atoms with Crippen molar-refractivity contribution in [2.24, 2.45) is 0 Å². The first-order valence-electron chi connectivity index (χ1n) is 7.76. The fraction of sp³-hybridized carbons (Fsp3) is 0.0476. The minimum atomic E-state index is -0.348. The highest BCUT2D eigenvalue weighted by Gasteiger charge is 2.15. The van der Waals surface area contributed by atoms with Gasteiger partial charge >= 0.3 is 0 Å². The van der Waals surface area contributed by atoms with Gasteiger partial charge in [0.1, 0.15) is 5.82 Å². The lowest BCUT2D eigenvalue weighted by Crippen LogP contribution is -2.14. The van der Waals surface area contributed by atoms with Crippen LogP contribution in [0.25, 0.3) is 11.1 Å². The Hall–Kier alpha value is -3.45. The Bertz CT molecular complexity index is 989. The second-order valence-electron chi connectivity index (χ2n) is 5.62. The summed E-state index contributed by atoms with van der Waals surface area (Å²) in [5.74, 6) is -0.656. The summed E-state index contributed by atoms with van der Waals surface area (Å²) < 4.78 is 13.2. The Morgan fingerprint density at radius 1 is 1.00 bits per heavy atom. The van der Waals surface area contributed by atoms with Crippen LogP contribution in [0.4, 0.5) is 10.1 Å². The number of carbonyl (C=O) groups is 1. The molecule has 0 bridgehead atoms. The van der Waals surface area contributed by atoms with E-state index < -0.39 is 0 Å². The average Bonchev–Trinajstić information content (AvgIpc) is 2.64. The van der Waals surface area contributed by atoms with Gasteiger partial charge in [-0.15, -0.1) is 0 Å². The molecule has 0 radical (unpaired) electrons. The number of hydrogen-bond acceptors (Lipinski definition) is 2. The summed E-state index contributed by atoms with van der Waals surface area (Å²) in [6, 6.07) is 20.6. The van der Waals surface area contributed by atoms with E-state index in [1.165, 1.54) is 18.2 Å². The fourth-order valence-electron chi connectivity index (χ4n) is 2.69. The second kappa shape index (κ2) is 6.98. The van der Waals surface area contributed by atoms with Crippen molar-refractivity contribution in [1.82, 2.24) is 0 Å². The highest BCUT2D eigenvalue weighted by Crippen LogP contribution is 2.28. The predicted octanol–water partition coefficient (Wildman–Crippen LogP) is 4.93. The molecule has 3 aromatic rings. The van der Waals surface area contributed by atoms with E-state index in [1.54, 1.807) is 31.2 Å². The molecule has 3 aromatic carbocycles. The van der Waals surface area contributed by atoms with Crippen LogP contribution in [0.2, 0.25) is 0 Å². The molecule has 4 heteroatoms. The van der Waals surface area contributed by atoms with Gasteiger partial charge in [0.05, 0.1) is 11.6 Å². The van der Waals surface area contributed by atoms with Gasteiger partial charge in [-0.1, -0.05) is 36.4 Å². The zero-order valence-corrected chi connectivity index (χ0v) is 13.6. The van der Waals surface area contributed by atoms with E-state index in [2.05, 4.69) is 11.4 Å². The van der Waals surface area contributed by atoms with Crippen LogP contribution in [0.15, 0.2) is 66.7 Å². The molecule has 0 atom stereocenters. The Morgan fingerprint density at radius 2 is 1.68 bits per heavy atom. The molecule has 0 aromatic heterocycles. The van der Waals surface area contributed by atoms with E-state index in [0.29, 0.717) is 33.5 Å². The van der Waals surface area contributed by atoms with Crippen LogP contribution in [0, 0.1) is 24.1 Å². The zero-order chi connectivity index (χ0) is 17.8. The number of nitrogens with one attached hydrogen (secondary N) is 1. The number of carbonyl (C=O) groups excluding carboxylic acids is 1. The van der Waals surface area contributed by atoms with Crippen LogP contribution in [-0.2, 0) is 0 Å². The molecular weight excluding hydrogens is 315 g/mol. The quantitative estimate of drug-likeness (QED) is 0.740. The van der Waals surface area contributed by atoms with Crippen molar-refractivity contribution in [1.29, 1.82) is 5.26 Å². The number of nitriles is 1. The van der Waals surface area contributed by atoms with Crippen LogP contribution < -0.4 is 5.32 Å². The summed E-state index contributed by atoms with van der Waals surface area (Å²) >= 11 is 0. The van der Waals surface area contributed by atoms with E-state index in [4.69, 9.17) is 0 Å². The van der Waals surface area contributed by atoms with Gasteiger partial charge in [-0.2, -0.15) is 5.26 Å². The first-order chi connectivity index (χ1) is 12.1. The van der Waals surface area contributed by atoms with Crippen molar-refractivity contribution in [3.05, 3.63) is 89.2 Å². The zero-order valence-electron chi connectivity index (χ0n) is 13.6. The minimum absolute atomic E-state index is 0.307. The molecule has 3 rings (SSSR count). The number of hydrogen-bond donors (Lipinski definition) is 1. The number of amides is 1. The summed E-state index contributed by atoms with van der Waals surface area (Å²) in [7, 11) is 0. The summed E-state index contributed by atoms with van der Waals surface area (Å²) in [4.78, 5) is 12.8. The lowest BCUT2D eigenvalue weighted by atomic mass is 9.95. The van der Waals surface area contributed by atoms with Gasteiger partial charge in [0.25, 0.3) is 5.91 Å². The fourth-order valence-corrected chi connectivity index (χ4v) is 2.69. The number of aryl methyl sites for hydroxylation is 1. The van der Waals surface area contributed by atoms with Crippen molar-refractivity contribution < 1.29 is 9.18 Å². The largest absolute Gasteiger partial charge is 0.322 e. The van der Waals surface area contributed by atoms with Crippen LogP contribution in [0.1, 0.15) is 21.5 Å². The van der Waals surface area contributed by atoms with Gasteiger partial charge < -0.3 is 5.32 Å². The SMILES string of the molecule is Cc1cc(F)ccc1NC(=O)c1ccccc1-c1ccccc1C#N. The van der Waals surface area contributed by atoms with Crippen LogP contribution in [0.3, 0.4) is 0 Å². The molecule has 0 fully saturated rings. The summed E-state index contributed by atoms with van der Waals surface area (Å²) in [5.41, 5.74) is 3.52. The molecule has 0 heterocycles. The number of anilines is 1. The van der Waals surface area contributed by atoms with Gasteiger partial charge in [-0.05, 0) is 48.4 Å². The standard InChI is InChI=1S/C21H15FN2O/c1-14-12-16(22)10-11-20(14)24-21(25)19-9-5-4-8-18(19)17-7-3-2-6-15(17)13-23/h2-12H,1H3,(H,24,25). The van der Waals surface area contributed by atoms with E-state index in [-0.39, 0.29) is 11.7 Å². The maximum atomic E-state index is 13.2. The first-order valence-corrected chi connectivity index (χ1v) is 7.76. The third-order valence-electron chi connectivity index (χ3n) is 3.95. The minimum Gasteiger partial charge on any atom is -0.322 e. The van der Waals surface area contributed by atoms with Crippen molar-refractivity contribution in [2.45, 2.75) is 6.92 Å². The Morgan fingerprint density at radius 3 is 2.40 bits per heavy atom. The van der Waals surface area contributed by atoms with Crippen molar-refractivity contribution in [3.8, 4) is 17.2 Å². The molecule has 0 aliphatic rings. The third-order valence-corrected chi connectivity index (χ3v) is 3.95. The van der Waals surface area contributed by atoms with Gasteiger partial charge in [0, 0.05) is 16.8 Å². The predicted molar refractivity (Wildman–Crippen MR) is 95.7 cm³/mol. The Labute approximate surface area is 145 Å². The number of nitrogens with zero attached hydrogens (tertiary/aromatic N) is 1. The van der Waals surface area contributed by atoms with Crippen LogP contribution in [0.5, 0.6) is 0 Å². The van der Waals surface area contributed by atoms with Gasteiger partial charge in [-0.25, -0.2) is 4.39 Å². The topological polar surface area (TPSA) is 52.9 Å². The molecule has 25 heavy (non-hydrogen) atoms. The van der Waals surface area contributed by atoms with E-state index in [0.717, 1.165) is 0 Å². The molecule has 3 nitrogen and oxygen atoms in total. The molecule has 1 N–H and O–H groups in total. The normalized spacial score (nSPS) is 10.1. The van der Waals surface area contributed by atoms with Gasteiger partial charge in [-0.3, -0.25) is 4.79 Å².